The van der Waals surface area contributed by atoms with Gasteiger partial charge in [0.05, 0.1) is 17.2 Å². The fraction of sp³-hybridized carbons (Fsp3) is 0.529. The zero-order chi connectivity index (χ0) is 16.1. The summed E-state index contributed by atoms with van der Waals surface area (Å²) in [6, 6.07) is 7.21. The summed E-state index contributed by atoms with van der Waals surface area (Å²) in [4.78, 5) is 26.8. The van der Waals surface area contributed by atoms with Crippen LogP contribution >= 0.6 is 0 Å². The normalized spacial score (nSPS) is 19.0. The lowest BCUT2D eigenvalue weighted by Crippen LogP contribution is -2.39. The summed E-state index contributed by atoms with van der Waals surface area (Å²) in [6.07, 6.45) is 1.93. The van der Waals surface area contributed by atoms with E-state index < -0.39 is 0 Å². The third-order valence-electron chi connectivity index (χ3n) is 3.84. The largest absolute Gasteiger partial charge is 0.350 e. The second-order valence-corrected chi connectivity index (χ2v) is 6.26. The van der Waals surface area contributed by atoms with Crippen molar-refractivity contribution < 1.29 is 9.59 Å². The van der Waals surface area contributed by atoms with E-state index in [4.69, 9.17) is 0 Å². The van der Waals surface area contributed by atoms with Gasteiger partial charge in [0.15, 0.2) is 0 Å². The molecule has 1 heterocycles. The number of amides is 2. The number of hydrogen-bond acceptors (Lipinski definition) is 3. The molecule has 2 N–H and O–H groups in total. The van der Waals surface area contributed by atoms with Crippen LogP contribution in [0.4, 0.5) is 5.69 Å². The Labute approximate surface area is 132 Å². The van der Waals surface area contributed by atoms with Crippen molar-refractivity contribution in [3.05, 3.63) is 29.8 Å². The Morgan fingerprint density at radius 2 is 2.00 bits per heavy atom. The predicted octanol–water partition coefficient (Wildman–Crippen LogP) is 2.11. The molecule has 1 aliphatic heterocycles. The summed E-state index contributed by atoms with van der Waals surface area (Å²) in [5.41, 5.74) is 1.09. The summed E-state index contributed by atoms with van der Waals surface area (Å²) >= 11 is 0. The van der Waals surface area contributed by atoms with Crippen LogP contribution < -0.4 is 10.6 Å². The van der Waals surface area contributed by atoms with Crippen LogP contribution in [0.5, 0.6) is 0 Å². The maximum absolute atomic E-state index is 12.4. The molecule has 0 bridgehead atoms. The maximum atomic E-state index is 12.4. The van der Waals surface area contributed by atoms with E-state index in [1.165, 1.54) is 0 Å². The fourth-order valence-electron chi connectivity index (χ4n) is 2.75. The topological polar surface area (TPSA) is 61.4 Å². The molecule has 1 fully saturated rings. The monoisotopic (exact) mass is 303 g/mol. The van der Waals surface area contributed by atoms with Gasteiger partial charge in [-0.25, -0.2) is 0 Å². The molecule has 0 unspecified atom stereocenters. The summed E-state index contributed by atoms with van der Waals surface area (Å²) in [5.74, 6) is -0.178. The number of anilines is 1. The van der Waals surface area contributed by atoms with Gasteiger partial charge in [-0.1, -0.05) is 12.1 Å². The number of likely N-dealkylation sites (tertiary alicyclic amines) is 1. The van der Waals surface area contributed by atoms with Gasteiger partial charge in [-0.15, -0.1) is 0 Å². The van der Waals surface area contributed by atoms with Crippen LogP contribution in [0.1, 0.15) is 37.0 Å². The van der Waals surface area contributed by atoms with Crippen LogP contribution in [0.3, 0.4) is 0 Å². The number of carbonyl (C=O) groups is 2. The molecule has 2 rings (SSSR count). The lowest BCUT2D eigenvalue weighted by atomic mass is 9.97. The number of hydrogen-bond donors (Lipinski definition) is 2. The van der Waals surface area contributed by atoms with Crippen LogP contribution in [0.25, 0.3) is 0 Å². The lowest BCUT2D eigenvalue weighted by molar-refractivity contribution is -0.121. The van der Waals surface area contributed by atoms with Crippen molar-refractivity contribution in [1.29, 1.82) is 0 Å². The Balaban J connectivity index is 2.09. The van der Waals surface area contributed by atoms with Crippen molar-refractivity contribution in [2.75, 3.05) is 25.5 Å². The first-order valence-corrected chi connectivity index (χ1v) is 7.86. The number of benzene rings is 1. The Morgan fingerprint density at radius 1 is 1.27 bits per heavy atom. The van der Waals surface area contributed by atoms with Crippen molar-refractivity contribution >= 4 is 17.5 Å². The Hall–Kier alpha value is -1.88. The first kappa shape index (κ1) is 16.5. The Kier molecular flexibility index (Phi) is 5.55. The lowest BCUT2D eigenvalue weighted by Gasteiger charge is -2.28. The van der Waals surface area contributed by atoms with Crippen molar-refractivity contribution in [3.63, 3.8) is 0 Å². The molecule has 0 aromatic heterocycles. The second-order valence-electron chi connectivity index (χ2n) is 6.26. The molecule has 1 aromatic carbocycles. The number of nitrogens with zero attached hydrogens (tertiary/aromatic N) is 1. The van der Waals surface area contributed by atoms with Gasteiger partial charge < -0.3 is 15.5 Å². The highest BCUT2D eigenvalue weighted by Crippen LogP contribution is 2.20. The van der Waals surface area contributed by atoms with E-state index in [2.05, 4.69) is 15.5 Å². The summed E-state index contributed by atoms with van der Waals surface area (Å²) in [6.45, 7) is 5.64. The minimum atomic E-state index is -0.160. The van der Waals surface area contributed by atoms with Crippen molar-refractivity contribution in [2.24, 2.45) is 5.92 Å². The highest BCUT2D eigenvalue weighted by molar-refractivity contribution is 6.04. The van der Waals surface area contributed by atoms with Gasteiger partial charge in [0.1, 0.15) is 0 Å². The highest BCUT2D eigenvalue weighted by atomic mass is 16.2. The SMILES string of the molecule is CC(C)NC(=O)c1ccccc1NC(=O)[C@@H]1CCCN(C)C1. The molecule has 0 aliphatic carbocycles. The third kappa shape index (κ3) is 4.31. The molecule has 5 nitrogen and oxygen atoms in total. The smallest absolute Gasteiger partial charge is 0.253 e. The van der Waals surface area contributed by atoms with E-state index in [0.29, 0.717) is 11.3 Å². The number of carbonyl (C=O) groups excluding carboxylic acids is 2. The van der Waals surface area contributed by atoms with Gasteiger partial charge in [-0.2, -0.15) is 0 Å². The molecule has 1 saturated heterocycles. The van der Waals surface area contributed by atoms with E-state index in [1.54, 1.807) is 18.2 Å². The molecule has 22 heavy (non-hydrogen) atoms. The van der Waals surface area contributed by atoms with Gasteiger partial charge in [-0.3, -0.25) is 9.59 Å². The van der Waals surface area contributed by atoms with Gasteiger partial charge >= 0.3 is 0 Å². The van der Waals surface area contributed by atoms with Crippen molar-refractivity contribution in [3.8, 4) is 0 Å². The van der Waals surface area contributed by atoms with E-state index >= 15 is 0 Å². The summed E-state index contributed by atoms with van der Waals surface area (Å²) in [5, 5.41) is 5.79. The number of piperidine rings is 1. The number of para-hydroxylation sites is 1. The van der Waals surface area contributed by atoms with Crippen LogP contribution in [0.2, 0.25) is 0 Å². The molecule has 2 amide bonds. The standard InChI is InChI=1S/C17H25N3O2/c1-12(2)18-17(22)14-8-4-5-9-15(14)19-16(21)13-7-6-10-20(3)11-13/h4-5,8-9,12-13H,6-7,10-11H2,1-3H3,(H,18,22)(H,19,21)/t13-/m1/s1. The maximum Gasteiger partial charge on any atom is 0.253 e. The van der Waals surface area contributed by atoms with Crippen molar-refractivity contribution in [1.82, 2.24) is 10.2 Å². The molecular weight excluding hydrogens is 278 g/mol. The molecule has 1 aliphatic rings. The van der Waals surface area contributed by atoms with Crippen LogP contribution in [0, 0.1) is 5.92 Å². The predicted molar refractivity (Wildman–Crippen MR) is 87.9 cm³/mol. The van der Waals surface area contributed by atoms with E-state index in [-0.39, 0.29) is 23.8 Å². The molecule has 0 radical (unpaired) electrons. The first-order valence-electron chi connectivity index (χ1n) is 7.86. The van der Waals surface area contributed by atoms with Crippen LogP contribution in [0.15, 0.2) is 24.3 Å². The second kappa shape index (κ2) is 7.40. The molecule has 1 atom stereocenters. The minimum Gasteiger partial charge on any atom is -0.350 e. The average molecular weight is 303 g/mol. The zero-order valence-corrected chi connectivity index (χ0v) is 13.6. The van der Waals surface area contributed by atoms with E-state index in [0.717, 1.165) is 25.9 Å². The van der Waals surface area contributed by atoms with Gasteiger partial charge in [0, 0.05) is 12.6 Å². The zero-order valence-electron chi connectivity index (χ0n) is 13.6. The molecular formula is C17H25N3O2. The molecule has 0 spiro atoms. The van der Waals surface area contributed by atoms with Gasteiger partial charge in [0.25, 0.3) is 5.91 Å². The quantitative estimate of drug-likeness (QED) is 0.895. The summed E-state index contributed by atoms with van der Waals surface area (Å²) in [7, 11) is 2.03. The van der Waals surface area contributed by atoms with Crippen LogP contribution in [-0.2, 0) is 4.79 Å². The molecule has 0 saturated carbocycles. The number of nitrogens with one attached hydrogen (secondary N) is 2. The molecule has 120 valence electrons. The highest BCUT2D eigenvalue weighted by Gasteiger charge is 2.25. The van der Waals surface area contributed by atoms with E-state index in [9.17, 15) is 9.59 Å². The number of rotatable bonds is 4. The molecule has 5 heteroatoms. The third-order valence-corrected chi connectivity index (χ3v) is 3.84. The van der Waals surface area contributed by atoms with Crippen LogP contribution in [-0.4, -0.2) is 42.9 Å². The minimum absolute atomic E-state index is 0.00338. The Bertz CT molecular complexity index is 542. The average Bonchev–Trinajstić information content (AvgIpc) is 2.47. The van der Waals surface area contributed by atoms with Gasteiger partial charge in [0.2, 0.25) is 5.91 Å². The van der Waals surface area contributed by atoms with Crippen molar-refractivity contribution in [2.45, 2.75) is 32.7 Å². The van der Waals surface area contributed by atoms with Gasteiger partial charge in [-0.05, 0) is 52.4 Å². The fourth-order valence-corrected chi connectivity index (χ4v) is 2.75. The molecule has 1 aromatic rings. The van der Waals surface area contributed by atoms with E-state index in [1.807, 2.05) is 27.0 Å². The first-order chi connectivity index (χ1) is 10.5. The summed E-state index contributed by atoms with van der Waals surface area (Å²) < 4.78 is 0. The Morgan fingerprint density at radius 3 is 2.68 bits per heavy atom.